The molecule has 9 heteroatoms. The molecule has 0 spiro atoms. The van der Waals surface area contributed by atoms with E-state index in [9.17, 15) is 9.59 Å². The highest BCUT2D eigenvalue weighted by Crippen LogP contribution is 2.40. The number of carbonyl (C=O) groups is 2. The van der Waals surface area contributed by atoms with Crippen molar-refractivity contribution in [2.24, 2.45) is 0 Å². The lowest BCUT2D eigenvalue weighted by atomic mass is 10.0. The van der Waals surface area contributed by atoms with Crippen LogP contribution in [0.2, 0.25) is 0 Å². The maximum Gasteiger partial charge on any atom is 0.276 e. The van der Waals surface area contributed by atoms with Crippen LogP contribution in [0.25, 0.3) is 0 Å². The second-order valence-electron chi connectivity index (χ2n) is 8.42. The first-order valence-corrected chi connectivity index (χ1v) is 10.6. The Hall–Kier alpha value is -2.97. The molecule has 3 aliphatic rings. The second kappa shape index (κ2) is 7.37. The third kappa shape index (κ3) is 3.42. The number of likely N-dealkylation sites (tertiary alicyclic amines) is 1. The van der Waals surface area contributed by atoms with Gasteiger partial charge < -0.3 is 19.6 Å². The van der Waals surface area contributed by atoms with E-state index in [2.05, 4.69) is 10.5 Å². The first-order chi connectivity index (χ1) is 14.5. The summed E-state index contributed by atoms with van der Waals surface area (Å²) in [5.74, 6) is 2.87. The van der Waals surface area contributed by atoms with Crippen molar-refractivity contribution in [2.75, 3.05) is 32.0 Å². The summed E-state index contributed by atoms with van der Waals surface area (Å²) in [4.78, 5) is 37.8. The minimum absolute atomic E-state index is 0.0643. The van der Waals surface area contributed by atoms with Crippen LogP contribution in [0.3, 0.4) is 0 Å². The summed E-state index contributed by atoms with van der Waals surface area (Å²) < 4.78 is 5.34. The van der Waals surface area contributed by atoms with E-state index in [1.807, 2.05) is 16.8 Å². The number of nitrogens with one attached hydrogen (secondary N) is 1. The van der Waals surface area contributed by atoms with E-state index in [0.717, 1.165) is 54.3 Å². The monoisotopic (exact) mass is 410 g/mol. The van der Waals surface area contributed by atoms with Crippen LogP contribution >= 0.6 is 0 Å². The van der Waals surface area contributed by atoms with Gasteiger partial charge in [-0.3, -0.25) is 9.59 Å². The molecular formula is C21H26N6O3. The topological polar surface area (TPSA) is 104 Å². The molecule has 2 aromatic rings. The Balaban J connectivity index is 1.32. The Labute approximate surface area is 174 Å². The largest absolute Gasteiger partial charge is 0.373 e. The van der Waals surface area contributed by atoms with Crippen molar-refractivity contribution >= 4 is 17.6 Å². The van der Waals surface area contributed by atoms with Crippen LogP contribution < -0.4 is 5.32 Å². The number of aromatic nitrogens is 3. The Morgan fingerprint density at radius 3 is 2.70 bits per heavy atom. The Morgan fingerprint density at radius 2 is 1.97 bits per heavy atom. The molecule has 158 valence electrons. The van der Waals surface area contributed by atoms with Crippen LogP contribution in [-0.2, 0) is 17.8 Å². The molecule has 9 nitrogen and oxygen atoms in total. The molecule has 2 aliphatic heterocycles. The third-order valence-electron chi connectivity index (χ3n) is 6.33. The van der Waals surface area contributed by atoms with E-state index in [4.69, 9.17) is 14.5 Å². The zero-order chi connectivity index (χ0) is 20.8. The van der Waals surface area contributed by atoms with Gasteiger partial charge in [0, 0.05) is 63.5 Å². The molecule has 2 aromatic heterocycles. The summed E-state index contributed by atoms with van der Waals surface area (Å²) in [7, 11) is 1.84. The second-order valence-corrected chi connectivity index (χ2v) is 8.42. The van der Waals surface area contributed by atoms with Gasteiger partial charge in [0.05, 0.1) is 12.2 Å². The fraction of sp³-hybridized carbons (Fsp3) is 0.571. The van der Waals surface area contributed by atoms with E-state index in [-0.39, 0.29) is 17.7 Å². The number of rotatable bonds is 4. The summed E-state index contributed by atoms with van der Waals surface area (Å²) in [6.07, 6.45) is 3.77. The summed E-state index contributed by atoms with van der Waals surface area (Å²) in [5.41, 5.74) is 2.38. The van der Waals surface area contributed by atoms with Crippen LogP contribution in [0.4, 0.5) is 5.82 Å². The van der Waals surface area contributed by atoms with Gasteiger partial charge in [0.15, 0.2) is 5.69 Å². The zero-order valence-electron chi connectivity index (χ0n) is 17.3. The van der Waals surface area contributed by atoms with Gasteiger partial charge in [-0.1, -0.05) is 5.16 Å². The van der Waals surface area contributed by atoms with Crippen molar-refractivity contribution < 1.29 is 14.1 Å². The van der Waals surface area contributed by atoms with E-state index in [0.29, 0.717) is 37.8 Å². The van der Waals surface area contributed by atoms with Gasteiger partial charge in [0.1, 0.15) is 17.4 Å². The molecule has 0 radical (unpaired) electrons. The SMILES string of the molecule is CNc1nc([C@H]2CCN(C(=O)c3cc(C4CC4)on3)C2)nc2c1CN(C(C)=O)CC2. The average Bonchev–Trinajstić information content (AvgIpc) is 3.28. The first-order valence-electron chi connectivity index (χ1n) is 10.6. The first kappa shape index (κ1) is 19.0. The van der Waals surface area contributed by atoms with Crippen LogP contribution in [-0.4, -0.2) is 63.4 Å². The standard InChI is InChI=1S/C21H26N6O3/c1-12(28)26-8-6-16-15(11-26)20(22-2)24-19(23-16)14-5-7-27(10-14)21(29)17-9-18(30-25-17)13-3-4-13/h9,13-14H,3-8,10-11H2,1-2H3,(H,22,23,24)/t14-/m0/s1. The molecule has 0 unspecified atom stereocenters. The summed E-state index contributed by atoms with van der Waals surface area (Å²) in [5, 5.41) is 7.15. The smallest absolute Gasteiger partial charge is 0.276 e. The van der Waals surface area contributed by atoms with Gasteiger partial charge in [-0.15, -0.1) is 0 Å². The van der Waals surface area contributed by atoms with Gasteiger partial charge >= 0.3 is 0 Å². The van der Waals surface area contributed by atoms with Crippen molar-refractivity contribution in [1.82, 2.24) is 24.9 Å². The molecule has 4 heterocycles. The maximum absolute atomic E-state index is 12.8. The van der Waals surface area contributed by atoms with E-state index >= 15 is 0 Å². The lowest BCUT2D eigenvalue weighted by molar-refractivity contribution is -0.129. The van der Waals surface area contributed by atoms with Crippen molar-refractivity contribution in [3.05, 3.63) is 34.6 Å². The van der Waals surface area contributed by atoms with Gasteiger partial charge in [-0.2, -0.15) is 0 Å². The number of carbonyl (C=O) groups excluding carboxylic acids is 2. The third-order valence-corrected chi connectivity index (χ3v) is 6.33. The van der Waals surface area contributed by atoms with Crippen molar-refractivity contribution in [3.8, 4) is 0 Å². The van der Waals surface area contributed by atoms with E-state index in [1.54, 1.807) is 13.0 Å². The maximum atomic E-state index is 12.8. The highest BCUT2D eigenvalue weighted by Gasteiger charge is 2.34. The molecule has 1 saturated carbocycles. The van der Waals surface area contributed by atoms with Gasteiger partial charge in [-0.25, -0.2) is 9.97 Å². The van der Waals surface area contributed by atoms with E-state index in [1.165, 1.54) is 0 Å². The predicted molar refractivity (Wildman–Crippen MR) is 108 cm³/mol. The van der Waals surface area contributed by atoms with Crippen molar-refractivity contribution in [3.63, 3.8) is 0 Å². The number of anilines is 1. The molecule has 1 atom stereocenters. The number of amides is 2. The van der Waals surface area contributed by atoms with Crippen molar-refractivity contribution in [2.45, 2.75) is 51.0 Å². The minimum Gasteiger partial charge on any atom is -0.373 e. The fourth-order valence-electron chi connectivity index (χ4n) is 4.36. The van der Waals surface area contributed by atoms with Crippen LogP contribution in [0.15, 0.2) is 10.6 Å². The lowest BCUT2D eigenvalue weighted by Gasteiger charge is -2.29. The molecule has 1 saturated heterocycles. The van der Waals surface area contributed by atoms with Crippen LogP contribution in [0, 0.1) is 0 Å². The quantitative estimate of drug-likeness (QED) is 0.821. The van der Waals surface area contributed by atoms with Crippen LogP contribution in [0.5, 0.6) is 0 Å². The van der Waals surface area contributed by atoms with Crippen LogP contribution in [0.1, 0.15) is 71.4 Å². The molecule has 1 aliphatic carbocycles. The number of nitrogens with zero attached hydrogens (tertiary/aromatic N) is 5. The number of hydrogen-bond donors (Lipinski definition) is 1. The van der Waals surface area contributed by atoms with Gasteiger partial charge in [0.2, 0.25) is 5.91 Å². The Morgan fingerprint density at radius 1 is 1.13 bits per heavy atom. The molecule has 30 heavy (non-hydrogen) atoms. The molecule has 5 rings (SSSR count). The van der Waals surface area contributed by atoms with Gasteiger partial charge in [-0.05, 0) is 19.3 Å². The Kier molecular flexibility index (Phi) is 4.67. The normalized spacial score (nSPS) is 20.9. The lowest BCUT2D eigenvalue weighted by Crippen LogP contribution is -2.35. The van der Waals surface area contributed by atoms with Crippen molar-refractivity contribution in [1.29, 1.82) is 0 Å². The number of fused-ring (bicyclic) bond motifs is 1. The summed E-state index contributed by atoms with van der Waals surface area (Å²) in [6.45, 7) is 4.03. The zero-order valence-corrected chi connectivity index (χ0v) is 17.3. The fourth-order valence-corrected chi connectivity index (χ4v) is 4.36. The molecule has 2 fully saturated rings. The molecule has 0 bridgehead atoms. The average molecular weight is 410 g/mol. The molecule has 0 aromatic carbocycles. The molecule has 2 amide bonds. The Bertz CT molecular complexity index is 981. The number of hydrogen-bond acceptors (Lipinski definition) is 7. The van der Waals surface area contributed by atoms with E-state index < -0.39 is 0 Å². The summed E-state index contributed by atoms with van der Waals surface area (Å²) in [6, 6.07) is 1.79. The predicted octanol–water partition coefficient (Wildman–Crippen LogP) is 1.92. The minimum atomic E-state index is -0.0861. The molecule has 1 N–H and O–H groups in total. The highest BCUT2D eigenvalue weighted by molar-refractivity contribution is 5.92. The summed E-state index contributed by atoms with van der Waals surface area (Å²) >= 11 is 0. The molecular weight excluding hydrogens is 384 g/mol. The highest BCUT2D eigenvalue weighted by atomic mass is 16.5. The van der Waals surface area contributed by atoms with Gasteiger partial charge in [0.25, 0.3) is 5.91 Å².